The van der Waals surface area contributed by atoms with E-state index in [4.69, 9.17) is 4.74 Å². The third-order valence-corrected chi connectivity index (χ3v) is 5.89. The first kappa shape index (κ1) is 20.7. The molecule has 1 aromatic rings. The van der Waals surface area contributed by atoms with Gasteiger partial charge >= 0.3 is 0 Å². The molecule has 2 fully saturated rings. The normalized spacial score (nSPS) is 23.5. The Bertz CT molecular complexity index is 634. The van der Waals surface area contributed by atoms with E-state index in [2.05, 4.69) is 27.6 Å². The number of pyridine rings is 1. The van der Waals surface area contributed by atoms with Crippen molar-refractivity contribution in [3.05, 3.63) is 30.1 Å². The van der Waals surface area contributed by atoms with Crippen LogP contribution in [0.4, 0.5) is 0 Å². The minimum absolute atomic E-state index is 0.0676. The van der Waals surface area contributed by atoms with Crippen molar-refractivity contribution < 1.29 is 14.3 Å². The van der Waals surface area contributed by atoms with Gasteiger partial charge in [-0.25, -0.2) is 0 Å². The average Bonchev–Trinajstić information content (AvgIpc) is 3.05. The van der Waals surface area contributed by atoms with Crippen LogP contribution >= 0.6 is 0 Å². The van der Waals surface area contributed by atoms with Gasteiger partial charge in [0, 0.05) is 63.1 Å². The fourth-order valence-electron chi connectivity index (χ4n) is 4.05. The van der Waals surface area contributed by atoms with Crippen molar-refractivity contribution in [3.8, 4) is 0 Å². The fourth-order valence-corrected chi connectivity index (χ4v) is 4.05. The molecule has 0 spiro atoms. The zero-order valence-corrected chi connectivity index (χ0v) is 16.7. The van der Waals surface area contributed by atoms with E-state index in [1.54, 1.807) is 12.4 Å². The van der Waals surface area contributed by atoms with Crippen LogP contribution in [0.2, 0.25) is 0 Å². The maximum atomic E-state index is 12.4. The highest BCUT2D eigenvalue weighted by Gasteiger charge is 2.32. The summed E-state index contributed by atoms with van der Waals surface area (Å²) < 4.78 is 5.34. The number of amides is 2. The van der Waals surface area contributed by atoms with Crippen LogP contribution in [0.1, 0.15) is 44.1 Å². The van der Waals surface area contributed by atoms with Gasteiger partial charge in [0.15, 0.2) is 0 Å². The predicted molar refractivity (Wildman–Crippen MR) is 107 cm³/mol. The van der Waals surface area contributed by atoms with Gasteiger partial charge in [0.2, 0.25) is 11.8 Å². The summed E-state index contributed by atoms with van der Waals surface area (Å²) in [4.78, 5) is 30.8. The van der Waals surface area contributed by atoms with E-state index in [0.717, 1.165) is 44.5 Å². The van der Waals surface area contributed by atoms with Crippen LogP contribution in [0, 0.1) is 0 Å². The largest absolute Gasteiger partial charge is 0.381 e. The third kappa shape index (κ3) is 6.27. The standard InChI is InChI=1S/C21H32N4O3/c1-25-18(13-21(27)24-17-8-11-28-12-9-17)5-6-19(25)15-23-20(26)7-4-16-3-2-10-22-14-16/h2-3,10,14,17-19H,4-9,11-13,15H2,1H3,(H,23,26)(H,24,27)/t18-,19+/m1/s1. The van der Waals surface area contributed by atoms with Crippen LogP contribution in [-0.2, 0) is 20.7 Å². The van der Waals surface area contributed by atoms with Crippen molar-refractivity contribution in [2.24, 2.45) is 0 Å². The highest BCUT2D eigenvalue weighted by Crippen LogP contribution is 2.24. The first-order valence-electron chi connectivity index (χ1n) is 10.4. The van der Waals surface area contributed by atoms with Crippen LogP contribution in [0.3, 0.4) is 0 Å². The first-order chi connectivity index (χ1) is 13.6. The van der Waals surface area contributed by atoms with Crippen molar-refractivity contribution in [1.29, 1.82) is 0 Å². The van der Waals surface area contributed by atoms with E-state index < -0.39 is 0 Å². The van der Waals surface area contributed by atoms with Crippen LogP contribution < -0.4 is 10.6 Å². The van der Waals surface area contributed by atoms with Crippen molar-refractivity contribution >= 4 is 11.8 Å². The number of carbonyl (C=O) groups is 2. The molecule has 0 unspecified atom stereocenters. The third-order valence-electron chi connectivity index (χ3n) is 5.89. The van der Waals surface area contributed by atoms with Gasteiger partial charge in [-0.2, -0.15) is 0 Å². The van der Waals surface area contributed by atoms with Gasteiger partial charge in [-0.15, -0.1) is 0 Å². The molecule has 2 aliphatic heterocycles. The van der Waals surface area contributed by atoms with E-state index in [1.165, 1.54) is 0 Å². The highest BCUT2D eigenvalue weighted by atomic mass is 16.5. The Morgan fingerprint density at radius 3 is 2.71 bits per heavy atom. The van der Waals surface area contributed by atoms with Gasteiger partial charge in [0.25, 0.3) is 0 Å². The Balaban J connectivity index is 1.34. The van der Waals surface area contributed by atoms with Crippen LogP contribution in [0.25, 0.3) is 0 Å². The second kappa shape index (κ2) is 10.5. The Morgan fingerprint density at radius 1 is 1.18 bits per heavy atom. The number of nitrogens with zero attached hydrogens (tertiary/aromatic N) is 2. The summed E-state index contributed by atoms with van der Waals surface area (Å²) in [7, 11) is 2.06. The molecule has 7 nitrogen and oxygen atoms in total. The predicted octanol–water partition coefficient (Wildman–Crippen LogP) is 1.28. The lowest BCUT2D eigenvalue weighted by Crippen LogP contribution is -2.44. The summed E-state index contributed by atoms with van der Waals surface area (Å²) >= 11 is 0. The Hall–Kier alpha value is -1.99. The van der Waals surface area contributed by atoms with Crippen molar-refractivity contribution in [1.82, 2.24) is 20.5 Å². The Morgan fingerprint density at radius 2 is 1.96 bits per heavy atom. The van der Waals surface area contributed by atoms with Crippen LogP contribution in [0.5, 0.6) is 0 Å². The second-order valence-corrected chi connectivity index (χ2v) is 7.87. The quantitative estimate of drug-likeness (QED) is 0.701. The molecule has 0 radical (unpaired) electrons. The number of rotatable bonds is 8. The summed E-state index contributed by atoms with van der Waals surface area (Å²) in [5.41, 5.74) is 1.08. The monoisotopic (exact) mass is 388 g/mol. The van der Waals surface area contributed by atoms with Crippen LogP contribution in [-0.4, -0.2) is 66.6 Å². The molecule has 0 aromatic carbocycles. The molecule has 3 heterocycles. The lowest BCUT2D eigenvalue weighted by Gasteiger charge is -2.27. The maximum absolute atomic E-state index is 12.4. The molecule has 2 atom stereocenters. The van der Waals surface area contributed by atoms with Gasteiger partial charge in [0.1, 0.15) is 0 Å². The number of likely N-dealkylation sites (tertiary alicyclic amines) is 1. The van der Waals surface area contributed by atoms with Crippen molar-refractivity contribution in [3.63, 3.8) is 0 Å². The number of likely N-dealkylation sites (N-methyl/N-ethyl adjacent to an activating group) is 1. The summed E-state index contributed by atoms with van der Waals surface area (Å²) in [6.07, 6.45) is 9.05. The minimum Gasteiger partial charge on any atom is -0.381 e. The number of aromatic nitrogens is 1. The molecule has 0 aliphatic carbocycles. The summed E-state index contributed by atoms with van der Waals surface area (Å²) in [5.74, 6) is 0.197. The zero-order valence-electron chi connectivity index (χ0n) is 16.7. The number of carbonyl (C=O) groups excluding carboxylic acids is 2. The van der Waals surface area contributed by atoms with Crippen molar-refractivity contribution in [2.75, 3.05) is 26.8 Å². The Kier molecular flexibility index (Phi) is 7.80. The van der Waals surface area contributed by atoms with E-state index in [9.17, 15) is 9.59 Å². The molecule has 2 saturated heterocycles. The number of nitrogens with one attached hydrogen (secondary N) is 2. The molecule has 0 saturated carbocycles. The van der Waals surface area contributed by atoms with Gasteiger partial charge in [0.05, 0.1) is 0 Å². The van der Waals surface area contributed by atoms with Crippen LogP contribution in [0.15, 0.2) is 24.5 Å². The molecule has 28 heavy (non-hydrogen) atoms. The molecule has 2 aliphatic rings. The summed E-state index contributed by atoms with van der Waals surface area (Å²) in [6.45, 7) is 2.11. The summed E-state index contributed by atoms with van der Waals surface area (Å²) in [6, 6.07) is 4.67. The summed E-state index contributed by atoms with van der Waals surface area (Å²) in [5, 5.41) is 6.19. The smallest absolute Gasteiger partial charge is 0.221 e. The number of hydrogen-bond donors (Lipinski definition) is 2. The molecule has 1 aromatic heterocycles. The molecule has 3 rings (SSSR count). The van der Waals surface area contributed by atoms with Crippen molar-refractivity contribution in [2.45, 2.75) is 63.1 Å². The molecule has 2 amide bonds. The fraction of sp³-hybridized carbons (Fsp3) is 0.667. The average molecular weight is 389 g/mol. The molecular weight excluding hydrogens is 356 g/mol. The molecule has 0 bridgehead atoms. The number of hydrogen-bond acceptors (Lipinski definition) is 5. The first-order valence-corrected chi connectivity index (χ1v) is 10.4. The number of aryl methyl sites for hydroxylation is 1. The molecule has 2 N–H and O–H groups in total. The highest BCUT2D eigenvalue weighted by molar-refractivity contribution is 5.77. The SMILES string of the molecule is CN1[C@@H](CC(=O)NC2CCOCC2)CC[C@H]1CNC(=O)CCc1cccnc1. The van der Waals surface area contributed by atoms with E-state index in [0.29, 0.717) is 31.8 Å². The lowest BCUT2D eigenvalue weighted by atomic mass is 10.1. The maximum Gasteiger partial charge on any atom is 0.221 e. The van der Waals surface area contributed by atoms with Gasteiger partial charge in [-0.05, 0) is 50.8 Å². The Labute approximate surface area is 167 Å². The number of ether oxygens (including phenoxy) is 1. The van der Waals surface area contributed by atoms with Gasteiger partial charge < -0.3 is 15.4 Å². The van der Waals surface area contributed by atoms with E-state index in [1.807, 2.05) is 12.1 Å². The molecule has 154 valence electrons. The van der Waals surface area contributed by atoms with Gasteiger partial charge in [-0.1, -0.05) is 6.07 Å². The van der Waals surface area contributed by atoms with E-state index >= 15 is 0 Å². The molecular formula is C21H32N4O3. The second-order valence-electron chi connectivity index (χ2n) is 7.87. The van der Waals surface area contributed by atoms with E-state index in [-0.39, 0.29) is 23.9 Å². The van der Waals surface area contributed by atoms with Gasteiger partial charge in [-0.3, -0.25) is 19.5 Å². The molecule has 7 heteroatoms. The minimum atomic E-state index is 0.0676. The topological polar surface area (TPSA) is 83.6 Å². The zero-order chi connectivity index (χ0) is 19.8. The lowest BCUT2D eigenvalue weighted by molar-refractivity contribution is -0.124.